The van der Waals surface area contributed by atoms with Gasteiger partial charge in [-0.15, -0.1) is 0 Å². The summed E-state index contributed by atoms with van der Waals surface area (Å²) in [4.78, 5) is 16.4. The Labute approximate surface area is 118 Å². The first-order valence-corrected chi connectivity index (χ1v) is 6.63. The maximum absolute atomic E-state index is 12.9. The van der Waals surface area contributed by atoms with Gasteiger partial charge in [-0.3, -0.25) is 4.79 Å². The van der Waals surface area contributed by atoms with Gasteiger partial charge >= 0.3 is 0 Å². The second-order valence-corrected chi connectivity index (χ2v) is 4.60. The predicted octanol–water partition coefficient (Wildman–Crippen LogP) is 2.16. The Bertz CT molecular complexity index is 614. The molecule has 1 aromatic heterocycles. The highest BCUT2D eigenvalue weighted by atomic mass is 32.1. The summed E-state index contributed by atoms with van der Waals surface area (Å²) in [5.41, 5.74) is 6.74. The fraction of sp³-hybridized carbons (Fsp3) is 0.0769. The topological polar surface area (TPSA) is 76.7 Å². The summed E-state index contributed by atoms with van der Waals surface area (Å²) in [5.74, 6) is -0.675. The van der Waals surface area contributed by atoms with Gasteiger partial charge < -0.3 is 15.9 Å². The zero-order valence-corrected chi connectivity index (χ0v) is 11.2. The molecule has 2 rings (SSSR count). The van der Waals surface area contributed by atoms with Crippen LogP contribution in [0.25, 0.3) is 0 Å². The molecule has 0 aliphatic heterocycles. The molecule has 0 saturated heterocycles. The number of rotatable bonds is 5. The molecule has 20 heavy (non-hydrogen) atoms. The number of nitrogens with two attached hydrogens (primary N) is 1. The number of carbonyl (C=O) groups is 1. The minimum atomic E-state index is -0.447. The van der Waals surface area contributed by atoms with Crippen LogP contribution in [-0.4, -0.2) is 18.3 Å². The van der Waals surface area contributed by atoms with Gasteiger partial charge in [0, 0.05) is 16.6 Å². The van der Waals surface area contributed by atoms with Crippen LogP contribution in [0.1, 0.15) is 5.56 Å². The van der Waals surface area contributed by atoms with Gasteiger partial charge in [0.15, 0.2) is 12.4 Å². The van der Waals surface area contributed by atoms with Crippen molar-refractivity contribution >= 4 is 28.8 Å². The number of amides is 1. The van der Waals surface area contributed by atoms with Crippen LogP contribution in [0.15, 0.2) is 46.2 Å². The molecule has 3 N–H and O–H groups in total. The molecule has 0 bridgehead atoms. The van der Waals surface area contributed by atoms with Gasteiger partial charge in [-0.1, -0.05) is 11.2 Å². The standard InChI is InChI=1S/C13H12FN3O2S/c14-10-2-1-3-11(6-10)16-12(18)7-19-17-13(15)9-4-5-20-8-9/h1-6,8H,7H2,(H2,15,17)(H,16,18). The lowest BCUT2D eigenvalue weighted by atomic mass is 10.3. The third kappa shape index (κ3) is 4.06. The summed E-state index contributed by atoms with van der Waals surface area (Å²) in [6.45, 7) is -0.304. The van der Waals surface area contributed by atoms with Crippen molar-refractivity contribution in [2.45, 2.75) is 0 Å². The highest BCUT2D eigenvalue weighted by Gasteiger charge is 2.04. The van der Waals surface area contributed by atoms with E-state index in [1.165, 1.54) is 29.5 Å². The zero-order chi connectivity index (χ0) is 14.4. The van der Waals surface area contributed by atoms with E-state index in [2.05, 4.69) is 10.5 Å². The van der Waals surface area contributed by atoms with Crippen molar-refractivity contribution < 1.29 is 14.0 Å². The number of nitrogens with one attached hydrogen (secondary N) is 1. The lowest BCUT2D eigenvalue weighted by molar-refractivity contribution is -0.120. The van der Waals surface area contributed by atoms with Crippen LogP contribution in [0.3, 0.4) is 0 Å². The third-order valence-electron chi connectivity index (χ3n) is 2.28. The Morgan fingerprint density at radius 1 is 1.45 bits per heavy atom. The first kappa shape index (κ1) is 14.0. The molecule has 0 aliphatic carbocycles. The summed E-state index contributed by atoms with van der Waals surface area (Å²) in [7, 11) is 0. The molecule has 2 aromatic rings. The summed E-state index contributed by atoms with van der Waals surface area (Å²) < 4.78 is 12.9. The zero-order valence-electron chi connectivity index (χ0n) is 10.4. The Balaban J connectivity index is 1.82. The van der Waals surface area contributed by atoms with E-state index in [9.17, 15) is 9.18 Å². The van der Waals surface area contributed by atoms with Gasteiger partial charge in [0.25, 0.3) is 5.91 Å². The molecule has 0 saturated carbocycles. The van der Waals surface area contributed by atoms with Crippen molar-refractivity contribution in [1.29, 1.82) is 0 Å². The van der Waals surface area contributed by atoms with Crippen molar-refractivity contribution in [2.24, 2.45) is 10.9 Å². The quantitative estimate of drug-likeness (QED) is 0.504. The second kappa shape index (κ2) is 6.67. The molecule has 1 heterocycles. The maximum atomic E-state index is 12.9. The molecule has 7 heteroatoms. The van der Waals surface area contributed by atoms with E-state index < -0.39 is 11.7 Å². The molecule has 0 fully saturated rings. The van der Waals surface area contributed by atoms with Gasteiger partial charge in [0.05, 0.1) is 0 Å². The lowest BCUT2D eigenvalue weighted by Crippen LogP contribution is -2.19. The number of benzene rings is 1. The van der Waals surface area contributed by atoms with Crippen LogP contribution in [0.4, 0.5) is 10.1 Å². The van der Waals surface area contributed by atoms with E-state index in [0.717, 1.165) is 5.56 Å². The fourth-order valence-electron chi connectivity index (χ4n) is 1.39. The number of carbonyl (C=O) groups excluding carboxylic acids is 1. The Morgan fingerprint density at radius 2 is 2.30 bits per heavy atom. The van der Waals surface area contributed by atoms with E-state index in [0.29, 0.717) is 5.69 Å². The van der Waals surface area contributed by atoms with Crippen LogP contribution in [-0.2, 0) is 9.63 Å². The van der Waals surface area contributed by atoms with Crippen LogP contribution < -0.4 is 11.1 Å². The molecule has 0 radical (unpaired) electrons. The molecule has 104 valence electrons. The highest BCUT2D eigenvalue weighted by Crippen LogP contribution is 2.09. The Kier molecular flexibility index (Phi) is 4.67. The number of thiophene rings is 1. The number of anilines is 1. The summed E-state index contributed by atoms with van der Waals surface area (Å²) >= 11 is 1.48. The largest absolute Gasteiger partial charge is 0.384 e. The Morgan fingerprint density at radius 3 is 3.00 bits per heavy atom. The molecular weight excluding hydrogens is 281 g/mol. The molecule has 0 atom stereocenters. The molecule has 0 aliphatic rings. The van der Waals surface area contributed by atoms with Gasteiger partial charge in [-0.2, -0.15) is 11.3 Å². The number of amidine groups is 1. The molecular formula is C13H12FN3O2S. The normalized spacial score (nSPS) is 11.2. The number of nitrogens with zero attached hydrogens (tertiary/aromatic N) is 1. The van der Waals surface area contributed by atoms with Crippen molar-refractivity contribution in [1.82, 2.24) is 0 Å². The van der Waals surface area contributed by atoms with E-state index in [1.807, 2.05) is 10.8 Å². The van der Waals surface area contributed by atoms with Gasteiger partial charge in [-0.25, -0.2) is 4.39 Å². The highest BCUT2D eigenvalue weighted by molar-refractivity contribution is 7.08. The lowest BCUT2D eigenvalue weighted by Gasteiger charge is -2.04. The van der Waals surface area contributed by atoms with Gasteiger partial charge in [-0.05, 0) is 29.6 Å². The molecule has 5 nitrogen and oxygen atoms in total. The smallest absolute Gasteiger partial charge is 0.265 e. The molecule has 1 amide bonds. The third-order valence-corrected chi connectivity index (χ3v) is 2.97. The second-order valence-electron chi connectivity index (χ2n) is 3.82. The minimum Gasteiger partial charge on any atom is -0.384 e. The first-order valence-electron chi connectivity index (χ1n) is 5.68. The summed E-state index contributed by atoms with van der Waals surface area (Å²) in [6.07, 6.45) is 0. The van der Waals surface area contributed by atoms with Crippen LogP contribution in [0.5, 0.6) is 0 Å². The number of hydrogen-bond acceptors (Lipinski definition) is 4. The SMILES string of the molecule is N/C(=N/OCC(=O)Nc1cccc(F)c1)c1ccsc1. The molecule has 0 spiro atoms. The van der Waals surface area contributed by atoms with Crippen molar-refractivity contribution in [3.8, 4) is 0 Å². The van der Waals surface area contributed by atoms with E-state index >= 15 is 0 Å². The van der Waals surface area contributed by atoms with Crippen LogP contribution >= 0.6 is 11.3 Å². The number of hydrogen-bond donors (Lipinski definition) is 2. The monoisotopic (exact) mass is 293 g/mol. The minimum absolute atomic E-state index is 0.199. The number of halogens is 1. The average Bonchev–Trinajstić information content (AvgIpc) is 2.92. The fourth-order valence-corrected chi connectivity index (χ4v) is 2.04. The average molecular weight is 293 g/mol. The first-order chi connectivity index (χ1) is 9.65. The molecule has 1 aromatic carbocycles. The summed E-state index contributed by atoms with van der Waals surface area (Å²) in [5, 5.41) is 9.78. The van der Waals surface area contributed by atoms with E-state index in [-0.39, 0.29) is 12.4 Å². The van der Waals surface area contributed by atoms with Crippen molar-refractivity contribution in [2.75, 3.05) is 11.9 Å². The van der Waals surface area contributed by atoms with Gasteiger partial charge in [0.2, 0.25) is 0 Å². The maximum Gasteiger partial charge on any atom is 0.265 e. The molecule has 0 unspecified atom stereocenters. The van der Waals surface area contributed by atoms with E-state index in [1.54, 1.807) is 12.1 Å². The predicted molar refractivity (Wildman–Crippen MR) is 76.0 cm³/mol. The van der Waals surface area contributed by atoms with Crippen molar-refractivity contribution in [3.63, 3.8) is 0 Å². The van der Waals surface area contributed by atoms with Crippen molar-refractivity contribution in [3.05, 3.63) is 52.5 Å². The van der Waals surface area contributed by atoms with Crippen LogP contribution in [0.2, 0.25) is 0 Å². The number of oxime groups is 1. The Hall–Kier alpha value is -2.41. The van der Waals surface area contributed by atoms with Crippen LogP contribution in [0, 0.1) is 5.82 Å². The van der Waals surface area contributed by atoms with Gasteiger partial charge in [0.1, 0.15) is 5.82 Å². The summed E-state index contributed by atoms with van der Waals surface area (Å²) in [6, 6.07) is 7.36. The van der Waals surface area contributed by atoms with E-state index in [4.69, 9.17) is 10.6 Å².